The van der Waals surface area contributed by atoms with Gasteiger partial charge >= 0.3 is 0 Å². The first-order valence-electron chi connectivity index (χ1n) is 6.61. The van der Waals surface area contributed by atoms with Crippen LogP contribution in [0.1, 0.15) is 29.5 Å². The van der Waals surface area contributed by atoms with Crippen LogP contribution in [0.3, 0.4) is 0 Å². The Morgan fingerprint density at radius 1 is 1.30 bits per heavy atom. The van der Waals surface area contributed by atoms with Crippen molar-refractivity contribution in [3.8, 4) is 0 Å². The second-order valence-corrected chi connectivity index (χ2v) is 5.08. The molecular weight excluding hydrogens is 278 g/mol. The standard InChI is InChI=1S/C14H17N3O2.ClH/c18-13-4-3-12(17-13)14(19)16-6-9-1-2-10-7-15-8-11(10)5-9;/h1-2,5,12,15H,3-4,6-8H2,(H,16,19)(H,17,18);1H/t12-;/m0./s1. The molecule has 2 heterocycles. The van der Waals surface area contributed by atoms with Crippen molar-refractivity contribution in [2.24, 2.45) is 0 Å². The summed E-state index contributed by atoms with van der Waals surface area (Å²) in [4.78, 5) is 22.9. The van der Waals surface area contributed by atoms with Crippen molar-refractivity contribution in [3.05, 3.63) is 34.9 Å². The fourth-order valence-corrected chi connectivity index (χ4v) is 2.58. The van der Waals surface area contributed by atoms with E-state index in [1.165, 1.54) is 11.1 Å². The molecule has 108 valence electrons. The van der Waals surface area contributed by atoms with Crippen molar-refractivity contribution < 1.29 is 9.59 Å². The maximum Gasteiger partial charge on any atom is 0.242 e. The third-order valence-corrected chi connectivity index (χ3v) is 3.68. The molecule has 2 aliphatic heterocycles. The molecule has 3 rings (SSSR count). The van der Waals surface area contributed by atoms with Crippen LogP contribution in [0.2, 0.25) is 0 Å². The van der Waals surface area contributed by atoms with Gasteiger partial charge in [0.15, 0.2) is 0 Å². The number of nitrogens with one attached hydrogen (secondary N) is 3. The molecule has 0 aliphatic carbocycles. The molecular formula is C14H18ClN3O2. The lowest BCUT2D eigenvalue weighted by atomic mass is 10.1. The van der Waals surface area contributed by atoms with Crippen LogP contribution in [-0.2, 0) is 29.2 Å². The van der Waals surface area contributed by atoms with Crippen LogP contribution in [0.5, 0.6) is 0 Å². The molecule has 3 N–H and O–H groups in total. The van der Waals surface area contributed by atoms with E-state index in [-0.39, 0.29) is 30.3 Å². The monoisotopic (exact) mass is 295 g/mol. The summed E-state index contributed by atoms with van der Waals surface area (Å²) in [7, 11) is 0. The van der Waals surface area contributed by atoms with Crippen LogP contribution in [0.25, 0.3) is 0 Å². The highest BCUT2D eigenvalue weighted by Gasteiger charge is 2.26. The third-order valence-electron chi connectivity index (χ3n) is 3.68. The number of hydrogen-bond donors (Lipinski definition) is 3. The van der Waals surface area contributed by atoms with Crippen LogP contribution in [0.4, 0.5) is 0 Å². The lowest BCUT2D eigenvalue weighted by Gasteiger charge is -2.11. The van der Waals surface area contributed by atoms with Gasteiger partial charge in [-0.1, -0.05) is 18.2 Å². The van der Waals surface area contributed by atoms with Gasteiger partial charge in [0.1, 0.15) is 6.04 Å². The summed E-state index contributed by atoms with van der Waals surface area (Å²) in [5.41, 5.74) is 3.74. The maximum atomic E-state index is 11.9. The van der Waals surface area contributed by atoms with E-state index in [1.807, 2.05) is 6.07 Å². The fraction of sp³-hybridized carbons (Fsp3) is 0.429. The Balaban J connectivity index is 0.00000147. The van der Waals surface area contributed by atoms with Crippen LogP contribution >= 0.6 is 12.4 Å². The van der Waals surface area contributed by atoms with Crippen LogP contribution in [-0.4, -0.2) is 17.9 Å². The number of benzene rings is 1. The first-order chi connectivity index (χ1) is 9.22. The van der Waals surface area contributed by atoms with Gasteiger partial charge in [-0.2, -0.15) is 0 Å². The number of carbonyl (C=O) groups excluding carboxylic acids is 2. The van der Waals surface area contributed by atoms with Gasteiger partial charge in [-0.25, -0.2) is 0 Å². The predicted octanol–water partition coefficient (Wildman–Crippen LogP) is 0.606. The molecule has 1 aromatic rings. The molecule has 1 aromatic carbocycles. The molecule has 0 aromatic heterocycles. The molecule has 0 unspecified atom stereocenters. The lowest BCUT2D eigenvalue weighted by Crippen LogP contribution is -2.41. The summed E-state index contributed by atoms with van der Waals surface area (Å²) in [5, 5.41) is 8.84. The van der Waals surface area contributed by atoms with Crippen LogP contribution in [0.15, 0.2) is 18.2 Å². The van der Waals surface area contributed by atoms with E-state index in [1.54, 1.807) is 0 Å². The van der Waals surface area contributed by atoms with E-state index in [9.17, 15) is 9.59 Å². The molecule has 6 heteroatoms. The van der Waals surface area contributed by atoms with E-state index in [0.29, 0.717) is 19.4 Å². The van der Waals surface area contributed by atoms with Crippen molar-refractivity contribution in [2.75, 3.05) is 0 Å². The Labute approximate surface area is 123 Å². The van der Waals surface area contributed by atoms with E-state index in [2.05, 4.69) is 28.1 Å². The molecule has 2 amide bonds. The zero-order valence-corrected chi connectivity index (χ0v) is 11.9. The molecule has 0 spiro atoms. The highest BCUT2D eigenvalue weighted by molar-refractivity contribution is 5.90. The van der Waals surface area contributed by atoms with Crippen molar-refractivity contribution in [3.63, 3.8) is 0 Å². The van der Waals surface area contributed by atoms with Gasteiger partial charge in [0, 0.05) is 26.1 Å². The topological polar surface area (TPSA) is 70.2 Å². The Bertz CT molecular complexity index is 533. The average Bonchev–Trinajstić information content (AvgIpc) is 3.03. The summed E-state index contributed by atoms with van der Waals surface area (Å²) < 4.78 is 0. The van der Waals surface area contributed by atoms with Gasteiger partial charge in [0.25, 0.3) is 0 Å². The normalized spacial score (nSPS) is 20.0. The molecule has 20 heavy (non-hydrogen) atoms. The summed E-state index contributed by atoms with van der Waals surface area (Å²) in [6, 6.07) is 5.92. The molecule has 5 nitrogen and oxygen atoms in total. The largest absolute Gasteiger partial charge is 0.350 e. The number of hydrogen-bond acceptors (Lipinski definition) is 3. The smallest absolute Gasteiger partial charge is 0.242 e. The van der Waals surface area contributed by atoms with Gasteiger partial charge in [0.2, 0.25) is 11.8 Å². The average molecular weight is 296 g/mol. The molecule has 1 atom stereocenters. The minimum Gasteiger partial charge on any atom is -0.350 e. The van der Waals surface area contributed by atoms with Gasteiger partial charge in [-0.15, -0.1) is 12.4 Å². The first-order valence-corrected chi connectivity index (χ1v) is 6.61. The molecule has 1 fully saturated rings. The first kappa shape index (κ1) is 14.8. The Morgan fingerprint density at radius 3 is 2.85 bits per heavy atom. The SMILES string of the molecule is Cl.O=C1CC[C@@H](C(=O)NCc2ccc3c(c2)CNC3)N1. The molecule has 0 saturated carbocycles. The highest BCUT2D eigenvalue weighted by atomic mass is 35.5. The zero-order valence-electron chi connectivity index (χ0n) is 11.1. The quantitative estimate of drug-likeness (QED) is 0.765. The van der Waals surface area contributed by atoms with Gasteiger partial charge in [-0.3, -0.25) is 9.59 Å². The number of rotatable bonds is 3. The molecule has 0 radical (unpaired) electrons. The molecule has 2 aliphatic rings. The Kier molecular flexibility index (Phi) is 4.62. The number of carbonyl (C=O) groups is 2. The summed E-state index contributed by atoms with van der Waals surface area (Å²) in [5.74, 6) is -0.131. The van der Waals surface area contributed by atoms with Crippen molar-refractivity contribution in [1.82, 2.24) is 16.0 Å². The second kappa shape index (κ2) is 6.24. The van der Waals surface area contributed by atoms with E-state index in [4.69, 9.17) is 0 Å². The van der Waals surface area contributed by atoms with Gasteiger partial charge in [0.05, 0.1) is 0 Å². The Morgan fingerprint density at radius 2 is 2.10 bits per heavy atom. The van der Waals surface area contributed by atoms with E-state index in [0.717, 1.165) is 18.7 Å². The van der Waals surface area contributed by atoms with E-state index < -0.39 is 0 Å². The lowest BCUT2D eigenvalue weighted by molar-refractivity contribution is -0.125. The molecule has 1 saturated heterocycles. The second-order valence-electron chi connectivity index (χ2n) is 5.08. The number of halogens is 1. The van der Waals surface area contributed by atoms with Crippen molar-refractivity contribution in [2.45, 2.75) is 38.5 Å². The van der Waals surface area contributed by atoms with Crippen LogP contribution < -0.4 is 16.0 Å². The van der Waals surface area contributed by atoms with Gasteiger partial charge < -0.3 is 16.0 Å². The predicted molar refractivity (Wildman–Crippen MR) is 77.2 cm³/mol. The maximum absolute atomic E-state index is 11.9. The van der Waals surface area contributed by atoms with Crippen molar-refractivity contribution in [1.29, 1.82) is 0 Å². The number of amides is 2. The zero-order chi connectivity index (χ0) is 13.2. The van der Waals surface area contributed by atoms with Gasteiger partial charge in [-0.05, 0) is 23.1 Å². The van der Waals surface area contributed by atoms with Crippen LogP contribution in [0, 0.1) is 0 Å². The minimum atomic E-state index is -0.358. The number of fused-ring (bicyclic) bond motifs is 1. The third kappa shape index (κ3) is 3.11. The molecule has 0 bridgehead atoms. The minimum absolute atomic E-state index is 0. The Hall–Kier alpha value is -1.59. The van der Waals surface area contributed by atoms with Crippen molar-refractivity contribution >= 4 is 24.2 Å². The summed E-state index contributed by atoms with van der Waals surface area (Å²) in [6.07, 6.45) is 1.04. The summed E-state index contributed by atoms with van der Waals surface area (Å²) in [6.45, 7) is 2.34. The fourth-order valence-electron chi connectivity index (χ4n) is 2.58. The van der Waals surface area contributed by atoms with E-state index >= 15 is 0 Å². The highest BCUT2D eigenvalue weighted by Crippen LogP contribution is 2.17. The summed E-state index contributed by atoms with van der Waals surface area (Å²) >= 11 is 0.